The van der Waals surface area contributed by atoms with Crippen molar-refractivity contribution in [3.8, 4) is 22.9 Å². The summed E-state index contributed by atoms with van der Waals surface area (Å²) in [4.78, 5) is 11.3. The fourth-order valence-electron chi connectivity index (χ4n) is 3.77. The van der Waals surface area contributed by atoms with E-state index in [2.05, 4.69) is 10.2 Å². The molecule has 1 atom stereocenters. The molecule has 0 aliphatic heterocycles. The van der Waals surface area contributed by atoms with Crippen LogP contribution in [0.1, 0.15) is 29.1 Å². The van der Waals surface area contributed by atoms with E-state index < -0.39 is 5.25 Å². The molecule has 9 nitrogen and oxygen atoms in total. The highest BCUT2D eigenvalue weighted by Crippen LogP contribution is 2.39. The minimum absolute atomic E-state index is 0.297. The summed E-state index contributed by atoms with van der Waals surface area (Å²) in [6.07, 6.45) is 0. The Kier molecular flexibility index (Phi) is 8.63. The Morgan fingerprint density at radius 3 is 2.43 bits per heavy atom. The molecule has 0 saturated heterocycles. The molecule has 4 aromatic rings. The van der Waals surface area contributed by atoms with Crippen molar-refractivity contribution < 1.29 is 19.1 Å². The van der Waals surface area contributed by atoms with Gasteiger partial charge in [-0.25, -0.2) is 0 Å². The lowest BCUT2D eigenvalue weighted by Crippen LogP contribution is -2.11. The quantitative estimate of drug-likeness (QED) is 0.134. The highest BCUT2D eigenvalue weighted by Gasteiger charge is 2.25. The van der Waals surface area contributed by atoms with Crippen LogP contribution in [-0.4, -0.2) is 39.9 Å². The number of aromatic nitrogens is 3. The van der Waals surface area contributed by atoms with Crippen LogP contribution < -0.4 is 14.2 Å². The molecular weight excluding hydrogens is 492 g/mol. The van der Waals surface area contributed by atoms with Crippen molar-refractivity contribution in [1.82, 2.24) is 14.8 Å². The highest BCUT2D eigenvalue weighted by atomic mass is 32.2. The lowest BCUT2D eigenvalue weighted by molar-refractivity contribution is -0.479. The van der Waals surface area contributed by atoms with Crippen LogP contribution in [0.5, 0.6) is 17.2 Å². The molecule has 4 rings (SSSR count). The first kappa shape index (κ1) is 26.0. The topological polar surface area (TPSA) is 102 Å². The third-order valence-electron chi connectivity index (χ3n) is 5.56. The van der Waals surface area contributed by atoms with Crippen molar-refractivity contribution in [2.45, 2.75) is 30.9 Å². The van der Waals surface area contributed by atoms with Gasteiger partial charge in [0.05, 0.1) is 13.7 Å². The van der Waals surface area contributed by atoms with Crippen molar-refractivity contribution in [2.24, 2.45) is 0 Å². The molecule has 0 aliphatic rings. The number of nitro groups is 1. The number of methoxy groups -OCH3 is 1. The van der Waals surface area contributed by atoms with Crippen molar-refractivity contribution >= 4 is 11.8 Å². The van der Waals surface area contributed by atoms with Crippen molar-refractivity contribution in [3.63, 3.8) is 0 Å². The summed E-state index contributed by atoms with van der Waals surface area (Å²) in [5.74, 6) is 2.52. The predicted molar refractivity (Wildman–Crippen MR) is 141 cm³/mol. The smallest absolute Gasteiger partial charge is 0.220 e. The van der Waals surface area contributed by atoms with Crippen LogP contribution in [-0.2, 0) is 6.61 Å². The van der Waals surface area contributed by atoms with Crippen molar-refractivity contribution in [1.29, 1.82) is 0 Å². The summed E-state index contributed by atoms with van der Waals surface area (Å²) in [5, 5.41) is 20.2. The second-order valence-electron chi connectivity index (χ2n) is 8.10. The van der Waals surface area contributed by atoms with Gasteiger partial charge in [-0.15, -0.1) is 10.2 Å². The summed E-state index contributed by atoms with van der Waals surface area (Å²) in [5.41, 5.74) is 2.61. The third-order valence-corrected chi connectivity index (χ3v) is 6.75. The number of hydrogen-bond donors (Lipinski definition) is 0. The second kappa shape index (κ2) is 12.3. The zero-order valence-corrected chi connectivity index (χ0v) is 21.7. The van der Waals surface area contributed by atoms with E-state index in [1.807, 2.05) is 85.1 Å². The molecule has 10 heteroatoms. The summed E-state index contributed by atoms with van der Waals surface area (Å²) in [7, 11) is 1.61. The van der Waals surface area contributed by atoms with Crippen LogP contribution in [0.15, 0.2) is 78.0 Å². The fourth-order valence-corrected chi connectivity index (χ4v) is 4.93. The molecule has 37 heavy (non-hydrogen) atoms. The summed E-state index contributed by atoms with van der Waals surface area (Å²) < 4.78 is 19.0. The van der Waals surface area contributed by atoms with Crippen molar-refractivity contribution in [3.05, 3.63) is 99.9 Å². The van der Waals surface area contributed by atoms with E-state index in [1.165, 1.54) is 11.8 Å². The van der Waals surface area contributed by atoms with E-state index in [0.717, 1.165) is 22.6 Å². The molecule has 0 radical (unpaired) electrons. The first-order chi connectivity index (χ1) is 18.0. The van der Waals surface area contributed by atoms with Gasteiger partial charge in [0.25, 0.3) is 0 Å². The molecule has 192 valence electrons. The molecule has 3 aromatic carbocycles. The number of aryl methyl sites for hydroxylation is 1. The van der Waals surface area contributed by atoms with E-state index in [0.29, 0.717) is 35.7 Å². The Morgan fingerprint density at radius 2 is 1.76 bits per heavy atom. The molecule has 0 aliphatic carbocycles. The zero-order valence-electron chi connectivity index (χ0n) is 20.9. The number of thioether (sulfide) groups is 1. The maximum atomic E-state index is 11.6. The minimum Gasteiger partial charge on any atom is -0.497 e. The largest absolute Gasteiger partial charge is 0.497 e. The molecule has 0 spiro atoms. The third kappa shape index (κ3) is 6.59. The summed E-state index contributed by atoms with van der Waals surface area (Å²) in [6, 6.07) is 22.8. The van der Waals surface area contributed by atoms with E-state index in [4.69, 9.17) is 14.2 Å². The molecule has 0 N–H and O–H groups in total. The Balaban J connectivity index is 1.62. The molecule has 1 heterocycles. The average molecular weight is 521 g/mol. The van der Waals surface area contributed by atoms with Crippen LogP contribution >= 0.6 is 11.8 Å². The molecule has 0 bridgehead atoms. The van der Waals surface area contributed by atoms with Crippen LogP contribution in [0.4, 0.5) is 0 Å². The minimum atomic E-state index is -0.530. The molecule has 0 fully saturated rings. The van der Waals surface area contributed by atoms with E-state index in [1.54, 1.807) is 13.2 Å². The zero-order chi connectivity index (χ0) is 26.2. The molecule has 0 unspecified atom stereocenters. The van der Waals surface area contributed by atoms with E-state index in [-0.39, 0.29) is 11.5 Å². The molecule has 0 amide bonds. The normalized spacial score (nSPS) is 11.6. The standard InChI is InChI=1S/C27H28N4O5S/c1-4-35-25-16-21(10-15-24(25)36-18-20-8-6-5-7-9-20)26(17-30(32)33)37-27-29-28-19(2)31(27)22-11-13-23(34-3)14-12-22/h5-16,26H,4,17-18H2,1-3H3/t26-/m1/s1. The Bertz CT molecular complexity index is 1330. The number of rotatable bonds is 12. The van der Waals surface area contributed by atoms with Crippen LogP contribution in [0.2, 0.25) is 0 Å². The van der Waals surface area contributed by atoms with Gasteiger partial charge in [0, 0.05) is 10.6 Å². The Morgan fingerprint density at radius 1 is 1.00 bits per heavy atom. The lowest BCUT2D eigenvalue weighted by atomic mass is 10.1. The van der Waals surface area contributed by atoms with Gasteiger partial charge in [0.2, 0.25) is 6.54 Å². The van der Waals surface area contributed by atoms with Gasteiger partial charge in [-0.05, 0) is 61.4 Å². The van der Waals surface area contributed by atoms with Crippen LogP contribution in [0.3, 0.4) is 0 Å². The van der Waals surface area contributed by atoms with Gasteiger partial charge in [-0.3, -0.25) is 14.7 Å². The maximum Gasteiger partial charge on any atom is 0.220 e. The number of benzene rings is 3. The van der Waals surface area contributed by atoms with E-state index in [9.17, 15) is 10.1 Å². The second-order valence-corrected chi connectivity index (χ2v) is 9.27. The molecular formula is C27H28N4O5S. The van der Waals surface area contributed by atoms with Gasteiger partial charge < -0.3 is 14.2 Å². The average Bonchev–Trinajstić information content (AvgIpc) is 3.27. The SMILES string of the molecule is CCOc1cc([C@@H](C[N+](=O)[O-])Sc2nnc(C)n2-c2ccc(OC)cc2)ccc1OCc1ccccc1. The number of hydrogen-bond acceptors (Lipinski definition) is 8. The maximum absolute atomic E-state index is 11.6. The fraction of sp³-hybridized carbons (Fsp3) is 0.259. The summed E-state index contributed by atoms with van der Waals surface area (Å²) >= 11 is 1.29. The first-order valence-corrected chi connectivity index (χ1v) is 12.6. The van der Waals surface area contributed by atoms with Gasteiger partial charge in [0.1, 0.15) is 23.4 Å². The lowest BCUT2D eigenvalue weighted by Gasteiger charge is -2.17. The van der Waals surface area contributed by atoms with Gasteiger partial charge in [-0.1, -0.05) is 48.2 Å². The summed E-state index contributed by atoms with van der Waals surface area (Å²) in [6.45, 7) is 4.25. The first-order valence-electron chi connectivity index (χ1n) is 11.8. The number of nitrogens with zero attached hydrogens (tertiary/aromatic N) is 4. The van der Waals surface area contributed by atoms with Crippen LogP contribution in [0.25, 0.3) is 5.69 Å². The van der Waals surface area contributed by atoms with E-state index >= 15 is 0 Å². The molecule has 0 saturated carbocycles. The number of ether oxygens (including phenoxy) is 3. The highest BCUT2D eigenvalue weighted by molar-refractivity contribution is 7.99. The Labute approximate surface area is 219 Å². The van der Waals surface area contributed by atoms with Crippen molar-refractivity contribution in [2.75, 3.05) is 20.3 Å². The monoisotopic (exact) mass is 520 g/mol. The van der Waals surface area contributed by atoms with Gasteiger partial charge in [-0.2, -0.15) is 0 Å². The van der Waals surface area contributed by atoms with Gasteiger partial charge in [0.15, 0.2) is 16.7 Å². The predicted octanol–water partition coefficient (Wildman–Crippen LogP) is 5.67. The van der Waals surface area contributed by atoms with Crippen LogP contribution in [0, 0.1) is 17.0 Å². The molecule has 1 aromatic heterocycles. The Hall–Kier alpha value is -4.05. The van der Waals surface area contributed by atoms with Gasteiger partial charge >= 0.3 is 0 Å².